The first-order valence-corrected chi connectivity index (χ1v) is 6.02. The molecule has 1 rings (SSSR count). The Balaban J connectivity index is 2.40. The Kier molecular flexibility index (Phi) is 5.86. The molecule has 1 N–H and O–H groups in total. The van der Waals surface area contributed by atoms with Crippen LogP contribution in [0, 0.1) is 0 Å². The Labute approximate surface area is 98.2 Å². The third kappa shape index (κ3) is 4.19. The number of aromatic nitrogens is 1. The molecule has 1 atom stereocenters. The summed E-state index contributed by atoms with van der Waals surface area (Å²) in [5.41, 5.74) is 1.20. The Hall–Kier alpha value is -1.09. The molecule has 0 spiro atoms. The largest absolute Gasteiger partial charge is 0.481 e. The average molecular weight is 222 g/mol. The predicted molar refractivity (Wildman–Crippen MR) is 66.6 cm³/mol. The highest BCUT2D eigenvalue weighted by Gasteiger charge is 2.04. The maximum absolute atomic E-state index is 5.02. The molecule has 90 valence electrons. The predicted octanol–water partition coefficient (Wildman–Crippen LogP) is 2.76. The summed E-state index contributed by atoms with van der Waals surface area (Å²) in [4.78, 5) is 4.18. The summed E-state index contributed by atoms with van der Waals surface area (Å²) in [5, 5.41) is 3.54. The van der Waals surface area contributed by atoms with Crippen LogP contribution in [0.15, 0.2) is 18.3 Å². The molecular weight excluding hydrogens is 200 g/mol. The van der Waals surface area contributed by atoms with E-state index in [9.17, 15) is 0 Å². The molecule has 0 amide bonds. The normalized spacial score (nSPS) is 12.4. The van der Waals surface area contributed by atoms with E-state index in [4.69, 9.17) is 4.74 Å². The second kappa shape index (κ2) is 7.23. The van der Waals surface area contributed by atoms with Crippen LogP contribution in [-0.4, -0.2) is 18.1 Å². The molecule has 16 heavy (non-hydrogen) atoms. The van der Waals surface area contributed by atoms with Crippen molar-refractivity contribution in [1.29, 1.82) is 0 Å². The van der Waals surface area contributed by atoms with Gasteiger partial charge >= 0.3 is 0 Å². The summed E-state index contributed by atoms with van der Waals surface area (Å²) in [6.07, 6.45) is 5.51. The third-order valence-corrected chi connectivity index (χ3v) is 2.73. The van der Waals surface area contributed by atoms with Crippen LogP contribution in [0.4, 0.5) is 0 Å². The fourth-order valence-corrected chi connectivity index (χ4v) is 1.70. The van der Waals surface area contributed by atoms with E-state index in [0.717, 1.165) is 6.54 Å². The van der Waals surface area contributed by atoms with E-state index in [1.807, 2.05) is 12.3 Å². The summed E-state index contributed by atoms with van der Waals surface area (Å²) >= 11 is 0. The van der Waals surface area contributed by atoms with Crippen molar-refractivity contribution in [2.24, 2.45) is 0 Å². The van der Waals surface area contributed by atoms with Gasteiger partial charge in [-0.3, -0.25) is 0 Å². The lowest BCUT2D eigenvalue weighted by Gasteiger charge is -2.15. The monoisotopic (exact) mass is 222 g/mol. The molecule has 1 aromatic rings. The highest BCUT2D eigenvalue weighted by atomic mass is 16.5. The smallest absolute Gasteiger partial charge is 0.212 e. The summed E-state index contributed by atoms with van der Waals surface area (Å²) < 4.78 is 5.02. The zero-order valence-electron chi connectivity index (χ0n) is 10.5. The maximum Gasteiger partial charge on any atom is 0.212 e. The molecule has 1 aromatic heterocycles. The quantitative estimate of drug-likeness (QED) is 0.770. The van der Waals surface area contributed by atoms with Crippen LogP contribution in [-0.2, 0) is 6.54 Å². The maximum atomic E-state index is 5.02. The fraction of sp³-hybridized carbons (Fsp3) is 0.615. The Morgan fingerprint density at radius 1 is 1.38 bits per heavy atom. The number of rotatable bonds is 7. The number of nitrogens with one attached hydrogen (secondary N) is 1. The second-order valence-corrected chi connectivity index (χ2v) is 3.98. The topological polar surface area (TPSA) is 34.1 Å². The third-order valence-electron chi connectivity index (χ3n) is 2.73. The van der Waals surface area contributed by atoms with Gasteiger partial charge in [-0.15, -0.1) is 0 Å². The highest BCUT2D eigenvalue weighted by Crippen LogP contribution is 2.08. The van der Waals surface area contributed by atoms with E-state index < -0.39 is 0 Å². The zero-order chi connectivity index (χ0) is 11.8. The Bertz CT molecular complexity index is 284. The molecule has 0 fully saturated rings. The number of nitrogens with zero attached hydrogens (tertiary/aromatic N) is 1. The molecule has 0 aromatic carbocycles. The molecule has 1 unspecified atom stereocenters. The van der Waals surface area contributed by atoms with Gasteiger partial charge in [-0.05, 0) is 18.4 Å². The van der Waals surface area contributed by atoms with Gasteiger partial charge in [0.15, 0.2) is 0 Å². The van der Waals surface area contributed by atoms with Crippen LogP contribution in [0.2, 0.25) is 0 Å². The number of hydrogen-bond donors (Lipinski definition) is 1. The lowest BCUT2D eigenvalue weighted by Crippen LogP contribution is -2.27. The molecule has 1 heterocycles. The average Bonchev–Trinajstić information content (AvgIpc) is 2.35. The number of hydrogen-bond acceptors (Lipinski definition) is 3. The SMILES string of the molecule is CCCC(CC)NCc1ccc(OC)nc1. The summed E-state index contributed by atoms with van der Waals surface area (Å²) in [6.45, 7) is 5.33. The van der Waals surface area contributed by atoms with Gasteiger partial charge in [0.1, 0.15) is 0 Å². The number of ether oxygens (including phenoxy) is 1. The minimum absolute atomic E-state index is 0.618. The van der Waals surface area contributed by atoms with Crippen molar-refractivity contribution < 1.29 is 4.74 Å². The van der Waals surface area contributed by atoms with Crippen LogP contribution in [0.5, 0.6) is 5.88 Å². The van der Waals surface area contributed by atoms with E-state index in [1.165, 1.54) is 24.8 Å². The first-order chi connectivity index (χ1) is 7.80. The van der Waals surface area contributed by atoms with Crippen molar-refractivity contribution in [3.05, 3.63) is 23.9 Å². The molecule has 0 radical (unpaired) electrons. The van der Waals surface area contributed by atoms with E-state index >= 15 is 0 Å². The van der Waals surface area contributed by atoms with Crippen molar-refractivity contribution in [2.75, 3.05) is 7.11 Å². The van der Waals surface area contributed by atoms with Gasteiger partial charge in [-0.25, -0.2) is 4.98 Å². The van der Waals surface area contributed by atoms with Gasteiger partial charge in [0.2, 0.25) is 5.88 Å². The molecular formula is C13H22N2O. The molecule has 0 saturated carbocycles. The first-order valence-electron chi connectivity index (χ1n) is 6.02. The van der Waals surface area contributed by atoms with Crippen molar-refractivity contribution >= 4 is 0 Å². The first kappa shape index (κ1) is 13.0. The molecule has 0 saturated heterocycles. The molecule has 3 nitrogen and oxygen atoms in total. The molecule has 0 bridgehead atoms. The van der Waals surface area contributed by atoms with Gasteiger partial charge < -0.3 is 10.1 Å². The van der Waals surface area contributed by atoms with Crippen LogP contribution < -0.4 is 10.1 Å². The lowest BCUT2D eigenvalue weighted by molar-refractivity contribution is 0.397. The van der Waals surface area contributed by atoms with Gasteiger partial charge in [-0.1, -0.05) is 26.3 Å². The van der Waals surface area contributed by atoms with E-state index in [-0.39, 0.29) is 0 Å². The van der Waals surface area contributed by atoms with E-state index in [0.29, 0.717) is 11.9 Å². The summed E-state index contributed by atoms with van der Waals surface area (Å²) in [7, 11) is 1.63. The van der Waals surface area contributed by atoms with Crippen LogP contribution in [0.25, 0.3) is 0 Å². The van der Waals surface area contributed by atoms with Gasteiger partial charge in [0, 0.05) is 24.8 Å². The molecule has 0 aliphatic rings. The standard InChI is InChI=1S/C13H22N2O/c1-4-6-12(5-2)14-9-11-7-8-13(16-3)15-10-11/h7-8,10,12,14H,4-6,9H2,1-3H3. The summed E-state index contributed by atoms with van der Waals surface area (Å²) in [5.74, 6) is 0.671. The fourth-order valence-electron chi connectivity index (χ4n) is 1.70. The van der Waals surface area contributed by atoms with E-state index in [1.54, 1.807) is 7.11 Å². The Morgan fingerprint density at radius 3 is 2.69 bits per heavy atom. The minimum atomic E-state index is 0.618. The number of pyridine rings is 1. The Morgan fingerprint density at radius 2 is 2.19 bits per heavy atom. The van der Waals surface area contributed by atoms with Crippen LogP contribution >= 0.6 is 0 Å². The molecule has 3 heteroatoms. The van der Waals surface area contributed by atoms with Crippen molar-refractivity contribution in [2.45, 2.75) is 45.7 Å². The van der Waals surface area contributed by atoms with Gasteiger partial charge in [0.25, 0.3) is 0 Å². The van der Waals surface area contributed by atoms with Crippen molar-refractivity contribution in [3.63, 3.8) is 0 Å². The van der Waals surface area contributed by atoms with Crippen LogP contribution in [0.3, 0.4) is 0 Å². The van der Waals surface area contributed by atoms with Crippen molar-refractivity contribution in [1.82, 2.24) is 10.3 Å². The second-order valence-electron chi connectivity index (χ2n) is 3.98. The minimum Gasteiger partial charge on any atom is -0.481 e. The highest BCUT2D eigenvalue weighted by molar-refractivity contribution is 5.17. The number of methoxy groups -OCH3 is 1. The van der Waals surface area contributed by atoms with Gasteiger partial charge in [0.05, 0.1) is 7.11 Å². The zero-order valence-corrected chi connectivity index (χ0v) is 10.5. The summed E-state index contributed by atoms with van der Waals surface area (Å²) in [6, 6.07) is 4.57. The molecule has 0 aliphatic heterocycles. The lowest BCUT2D eigenvalue weighted by atomic mass is 10.1. The van der Waals surface area contributed by atoms with Gasteiger partial charge in [-0.2, -0.15) is 0 Å². The van der Waals surface area contributed by atoms with Crippen LogP contribution in [0.1, 0.15) is 38.7 Å². The molecule has 0 aliphatic carbocycles. The van der Waals surface area contributed by atoms with E-state index in [2.05, 4.69) is 30.2 Å². The van der Waals surface area contributed by atoms with Crippen molar-refractivity contribution in [3.8, 4) is 5.88 Å².